The van der Waals surface area contributed by atoms with Crippen LogP contribution in [0.4, 0.5) is 0 Å². The van der Waals surface area contributed by atoms with Crippen molar-refractivity contribution in [3.05, 3.63) is 96.6 Å². The van der Waals surface area contributed by atoms with Crippen LogP contribution in [0.1, 0.15) is 38.2 Å². The molecule has 2 nitrogen and oxygen atoms in total. The molecule has 4 aromatic rings. The van der Waals surface area contributed by atoms with Gasteiger partial charge in [-0.15, -0.1) is 0 Å². The highest BCUT2D eigenvalue weighted by molar-refractivity contribution is 5.71. The minimum Gasteiger partial charge on any atom is -0.228 e. The van der Waals surface area contributed by atoms with Gasteiger partial charge in [-0.3, -0.25) is 0 Å². The number of nitrogens with zero attached hydrogens (tertiary/aromatic N) is 2. The zero-order valence-electron chi connectivity index (χ0n) is 17.6. The summed E-state index contributed by atoms with van der Waals surface area (Å²) < 4.78 is 0. The Hall–Kier alpha value is -3.26. The predicted octanol–water partition coefficient (Wildman–Crippen LogP) is 7.60. The lowest BCUT2D eigenvalue weighted by Crippen LogP contribution is -1.96. The molecule has 2 heteroatoms. The summed E-state index contributed by atoms with van der Waals surface area (Å²) >= 11 is 0. The first kappa shape index (κ1) is 20.0. The zero-order valence-corrected chi connectivity index (χ0v) is 17.6. The normalized spacial score (nSPS) is 10.8. The highest BCUT2D eigenvalue weighted by atomic mass is 14.9. The van der Waals surface area contributed by atoms with E-state index in [2.05, 4.69) is 61.5 Å². The molecule has 0 unspecified atom stereocenters. The topological polar surface area (TPSA) is 25.8 Å². The van der Waals surface area contributed by atoms with Crippen LogP contribution in [0, 0.1) is 0 Å². The zero-order chi connectivity index (χ0) is 20.6. The van der Waals surface area contributed by atoms with E-state index < -0.39 is 0 Å². The van der Waals surface area contributed by atoms with Crippen molar-refractivity contribution in [2.24, 2.45) is 0 Å². The van der Waals surface area contributed by atoms with Gasteiger partial charge < -0.3 is 0 Å². The molecule has 0 spiro atoms. The molecule has 30 heavy (non-hydrogen) atoms. The summed E-state index contributed by atoms with van der Waals surface area (Å²) in [6, 6.07) is 31.5. The van der Waals surface area contributed by atoms with Gasteiger partial charge in [0, 0.05) is 16.7 Å². The van der Waals surface area contributed by atoms with Crippen molar-refractivity contribution in [1.29, 1.82) is 0 Å². The van der Waals surface area contributed by atoms with Crippen molar-refractivity contribution < 1.29 is 0 Å². The molecule has 0 aliphatic rings. The average molecular weight is 393 g/mol. The molecule has 1 heterocycles. The quantitative estimate of drug-likeness (QED) is 0.288. The van der Waals surface area contributed by atoms with Gasteiger partial charge in [-0.05, 0) is 24.5 Å². The minimum atomic E-state index is 0.771. The minimum absolute atomic E-state index is 0.771. The summed E-state index contributed by atoms with van der Waals surface area (Å²) in [5.74, 6) is 0.771. The molecule has 0 bridgehead atoms. The van der Waals surface area contributed by atoms with Gasteiger partial charge >= 0.3 is 0 Å². The van der Waals surface area contributed by atoms with E-state index in [0.29, 0.717) is 0 Å². The maximum atomic E-state index is 4.90. The van der Waals surface area contributed by atoms with Crippen molar-refractivity contribution in [1.82, 2.24) is 9.97 Å². The van der Waals surface area contributed by atoms with E-state index in [1.807, 2.05) is 36.4 Å². The van der Waals surface area contributed by atoms with Crippen LogP contribution in [0.15, 0.2) is 91.0 Å². The van der Waals surface area contributed by atoms with Gasteiger partial charge in [0.25, 0.3) is 0 Å². The Balaban J connectivity index is 1.67. The van der Waals surface area contributed by atoms with Gasteiger partial charge in [0.05, 0.1) is 11.4 Å². The maximum absolute atomic E-state index is 4.90. The monoisotopic (exact) mass is 392 g/mol. The Morgan fingerprint density at radius 1 is 0.567 bits per heavy atom. The predicted molar refractivity (Wildman–Crippen MR) is 126 cm³/mol. The fraction of sp³-hybridized carbons (Fsp3) is 0.214. The fourth-order valence-corrected chi connectivity index (χ4v) is 3.67. The van der Waals surface area contributed by atoms with Crippen LogP contribution in [-0.2, 0) is 6.42 Å². The second kappa shape index (κ2) is 9.98. The molecule has 4 rings (SSSR count). The van der Waals surface area contributed by atoms with Gasteiger partial charge in [-0.2, -0.15) is 0 Å². The second-order valence-corrected chi connectivity index (χ2v) is 7.70. The van der Waals surface area contributed by atoms with Crippen LogP contribution in [0.25, 0.3) is 33.9 Å². The largest absolute Gasteiger partial charge is 0.228 e. The Kier molecular flexibility index (Phi) is 6.66. The van der Waals surface area contributed by atoms with Crippen LogP contribution in [0.5, 0.6) is 0 Å². The van der Waals surface area contributed by atoms with E-state index in [-0.39, 0.29) is 0 Å². The highest BCUT2D eigenvalue weighted by Crippen LogP contribution is 2.27. The number of benzene rings is 3. The van der Waals surface area contributed by atoms with Crippen LogP contribution >= 0.6 is 0 Å². The first-order valence-corrected chi connectivity index (χ1v) is 10.9. The average Bonchev–Trinajstić information content (AvgIpc) is 2.83. The van der Waals surface area contributed by atoms with Crippen molar-refractivity contribution in [2.75, 3.05) is 0 Å². The smallest absolute Gasteiger partial charge is 0.160 e. The number of rotatable bonds is 8. The Labute approximate surface area is 179 Å². The highest BCUT2D eigenvalue weighted by Gasteiger charge is 2.10. The van der Waals surface area contributed by atoms with E-state index in [1.165, 1.54) is 31.2 Å². The molecule has 0 aliphatic heterocycles. The first-order chi connectivity index (χ1) is 14.8. The lowest BCUT2D eigenvalue weighted by atomic mass is 10.0. The number of aryl methyl sites for hydroxylation is 1. The summed E-state index contributed by atoms with van der Waals surface area (Å²) in [7, 11) is 0. The van der Waals surface area contributed by atoms with E-state index in [9.17, 15) is 0 Å². The van der Waals surface area contributed by atoms with Gasteiger partial charge in [0.15, 0.2) is 5.82 Å². The Bertz CT molecular complexity index is 997. The summed E-state index contributed by atoms with van der Waals surface area (Å²) in [5.41, 5.74) is 6.54. The van der Waals surface area contributed by atoms with Crippen molar-refractivity contribution in [3.63, 3.8) is 0 Å². The SMILES string of the molecule is CCCCCCc1ccc(-c2nc(-c3ccccc3)cc(-c3ccccc3)n2)cc1. The molecule has 0 amide bonds. The van der Waals surface area contributed by atoms with Crippen molar-refractivity contribution in [3.8, 4) is 33.9 Å². The third-order valence-corrected chi connectivity index (χ3v) is 5.40. The van der Waals surface area contributed by atoms with Gasteiger partial charge in [-0.1, -0.05) is 111 Å². The van der Waals surface area contributed by atoms with Gasteiger partial charge in [0.2, 0.25) is 0 Å². The Morgan fingerprint density at radius 2 is 1.13 bits per heavy atom. The molecule has 0 fully saturated rings. The molecule has 0 radical (unpaired) electrons. The van der Waals surface area contributed by atoms with E-state index in [1.54, 1.807) is 0 Å². The summed E-state index contributed by atoms with van der Waals surface area (Å²) in [5, 5.41) is 0. The molecule has 0 N–H and O–H groups in total. The van der Waals surface area contributed by atoms with E-state index in [4.69, 9.17) is 9.97 Å². The summed E-state index contributed by atoms with van der Waals surface area (Å²) in [4.78, 5) is 9.81. The summed E-state index contributed by atoms with van der Waals surface area (Å²) in [6.45, 7) is 2.25. The third kappa shape index (κ3) is 5.01. The van der Waals surface area contributed by atoms with E-state index in [0.717, 1.165) is 40.3 Å². The van der Waals surface area contributed by atoms with Gasteiger partial charge in [0.1, 0.15) is 0 Å². The lowest BCUT2D eigenvalue weighted by Gasteiger charge is -2.10. The molecule has 0 aliphatic carbocycles. The Morgan fingerprint density at radius 3 is 1.67 bits per heavy atom. The molecule has 0 saturated carbocycles. The van der Waals surface area contributed by atoms with Crippen molar-refractivity contribution in [2.45, 2.75) is 39.0 Å². The standard InChI is InChI=1S/C28H28N2/c1-2-3-4-7-12-22-17-19-25(20-18-22)28-29-26(23-13-8-5-9-14-23)21-27(30-28)24-15-10-6-11-16-24/h5-6,8-11,13-21H,2-4,7,12H2,1H3. The van der Waals surface area contributed by atoms with Gasteiger partial charge in [-0.25, -0.2) is 9.97 Å². The molecule has 0 atom stereocenters. The molecular weight excluding hydrogens is 364 g/mol. The lowest BCUT2D eigenvalue weighted by molar-refractivity contribution is 0.667. The van der Waals surface area contributed by atoms with Crippen LogP contribution in [-0.4, -0.2) is 9.97 Å². The number of aromatic nitrogens is 2. The number of hydrogen-bond acceptors (Lipinski definition) is 2. The van der Waals surface area contributed by atoms with Crippen molar-refractivity contribution >= 4 is 0 Å². The maximum Gasteiger partial charge on any atom is 0.160 e. The van der Waals surface area contributed by atoms with Crippen LogP contribution in [0.3, 0.4) is 0 Å². The molecular formula is C28H28N2. The van der Waals surface area contributed by atoms with E-state index >= 15 is 0 Å². The number of unbranched alkanes of at least 4 members (excludes halogenated alkanes) is 3. The molecule has 150 valence electrons. The fourth-order valence-electron chi connectivity index (χ4n) is 3.67. The first-order valence-electron chi connectivity index (χ1n) is 10.9. The molecule has 0 saturated heterocycles. The number of hydrogen-bond donors (Lipinski definition) is 0. The second-order valence-electron chi connectivity index (χ2n) is 7.70. The van der Waals surface area contributed by atoms with Crippen LogP contribution < -0.4 is 0 Å². The van der Waals surface area contributed by atoms with Crippen LogP contribution in [0.2, 0.25) is 0 Å². The summed E-state index contributed by atoms with van der Waals surface area (Å²) in [6.07, 6.45) is 6.30. The molecule has 3 aromatic carbocycles. The molecule has 1 aromatic heterocycles. The third-order valence-electron chi connectivity index (χ3n) is 5.40.